The molecule has 2 aliphatic rings. The second kappa shape index (κ2) is 12.3. The van der Waals surface area contributed by atoms with E-state index in [9.17, 15) is 4.39 Å². The molecule has 0 aliphatic heterocycles. The molecule has 0 radical (unpaired) electrons. The van der Waals surface area contributed by atoms with Crippen molar-refractivity contribution >= 4 is 0 Å². The number of hydrogen-bond donors (Lipinski definition) is 0. The van der Waals surface area contributed by atoms with Crippen LogP contribution in [-0.4, -0.2) is 18.9 Å². The molecule has 0 bridgehead atoms. The maximum atomic E-state index is 12.2. The van der Waals surface area contributed by atoms with E-state index in [1.54, 1.807) is 6.92 Å². The van der Waals surface area contributed by atoms with Gasteiger partial charge in [-0.15, -0.1) is 0 Å². The van der Waals surface area contributed by atoms with Gasteiger partial charge in [0, 0.05) is 13.2 Å². The smallest absolute Gasteiger partial charge is 0.108 e. The van der Waals surface area contributed by atoms with Crippen molar-refractivity contribution in [3.8, 4) is 0 Å². The van der Waals surface area contributed by atoms with Crippen LogP contribution >= 0.6 is 0 Å². The van der Waals surface area contributed by atoms with Crippen LogP contribution < -0.4 is 0 Å². The summed E-state index contributed by atoms with van der Waals surface area (Å²) in [4.78, 5) is 0. The van der Waals surface area contributed by atoms with Gasteiger partial charge in [0.05, 0.1) is 0 Å². The minimum atomic E-state index is -0.778. The number of halogens is 1. The normalized spacial score (nSPS) is 19.2. The molecule has 0 N–H and O–H groups in total. The van der Waals surface area contributed by atoms with Crippen molar-refractivity contribution in [2.45, 2.75) is 79.3 Å². The van der Waals surface area contributed by atoms with E-state index >= 15 is 0 Å². The monoisotopic (exact) mass is 248 g/mol. The fraction of sp³-hybridized carbons (Fsp3) is 1.00. The molecular formula is C15H33FO. The van der Waals surface area contributed by atoms with Crippen molar-refractivity contribution in [2.24, 2.45) is 5.92 Å². The minimum Gasteiger partial charge on any atom is -0.381 e. The molecule has 0 aromatic heterocycles. The van der Waals surface area contributed by atoms with Crippen molar-refractivity contribution in [2.75, 3.05) is 13.2 Å². The molecule has 0 unspecified atom stereocenters. The SMILES string of the molecule is CC.CC.CC1(F)CCC1.CCOCC1CC1. The first-order chi connectivity index (χ1) is 8.14. The molecule has 0 spiro atoms. The molecule has 2 fully saturated rings. The molecule has 0 aromatic rings. The van der Waals surface area contributed by atoms with Gasteiger partial charge in [-0.05, 0) is 51.9 Å². The van der Waals surface area contributed by atoms with Gasteiger partial charge in [-0.25, -0.2) is 4.39 Å². The van der Waals surface area contributed by atoms with Gasteiger partial charge in [0.1, 0.15) is 5.67 Å². The van der Waals surface area contributed by atoms with E-state index in [0.29, 0.717) is 0 Å². The van der Waals surface area contributed by atoms with Gasteiger partial charge in [0.25, 0.3) is 0 Å². The first-order valence-electron chi connectivity index (χ1n) is 7.41. The third-order valence-electron chi connectivity index (χ3n) is 2.65. The summed E-state index contributed by atoms with van der Waals surface area (Å²) in [5, 5.41) is 0. The third-order valence-corrected chi connectivity index (χ3v) is 2.65. The lowest BCUT2D eigenvalue weighted by Crippen LogP contribution is -2.26. The highest BCUT2D eigenvalue weighted by Crippen LogP contribution is 2.34. The summed E-state index contributed by atoms with van der Waals surface area (Å²) in [6, 6.07) is 0. The molecule has 17 heavy (non-hydrogen) atoms. The quantitative estimate of drug-likeness (QED) is 0.651. The first kappa shape index (κ1) is 19.2. The zero-order valence-electron chi connectivity index (χ0n) is 12.8. The Morgan fingerprint density at radius 1 is 1.12 bits per heavy atom. The lowest BCUT2D eigenvalue weighted by molar-refractivity contribution is 0.0858. The Morgan fingerprint density at radius 2 is 1.53 bits per heavy atom. The topological polar surface area (TPSA) is 9.23 Å². The molecule has 2 rings (SSSR count). The summed E-state index contributed by atoms with van der Waals surface area (Å²) in [5.74, 6) is 0.931. The van der Waals surface area contributed by atoms with Crippen LogP contribution in [0.1, 0.15) is 73.6 Å². The Balaban J connectivity index is 0. The van der Waals surface area contributed by atoms with Gasteiger partial charge in [0.15, 0.2) is 0 Å². The molecule has 0 amide bonds. The second-order valence-corrected chi connectivity index (χ2v) is 4.37. The van der Waals surface area contributed by atoms with E-state index in [-0.39, 0.29) is 0 Å². The van der Waals surface area contributed by atoms with Crippen molar-refractivity contribution in [1.82, 2.24) is 0 Å². The Bertz CT molecular complexity index is 136. The number of hydrogen-bond acceptors (Lipinski definition) is 1. The third kappa shape index (κ3) is 13.8. The highest BCUT2D eigenvalue weighted by Gasteiger charge is 2.30. The lowest BCUT2D eigenvalue weighted by Gasteiger charge is -2.28. The fourth-order valence-electron chi connectivity index (χ4n) is 1.23. The fourth-order valence-corrected chi connectivity index (χ4v) is 1.23. The standard InChI is InChI=1S/C6H12O.C5H9F.2C2H6/c1-2-7-5-6-3-4-6;1-5(6)3-2-4-5;2*1-2/h6H,2-5H2,1H3;2-4H2,1H3;2*1-2H3. The minimum absolute atomic E-state index is 0.778. The summed E-state index contributed by atoms with van der Waals surface area (Å²) in [5.41, 5.74) is -0.778. The second-order valence-electron chi connectivity index (χ2n) is 4.37. The molecule has 106 valence electrons. The number of alkyl halides is 1. The van der Waals surface area contributed by atoms with Crippen LogP contribution in [0.15, 0.2) is 0 Å². The number of ether oxygens (including phenoxy) is 1. The maximum Gasteiger partial charge on any atom is 0.108 e. The molecule has 0 saturated heterocycles. The molecule has 2 saturated carbocycles. The van der Waals surface area contributed by atoms with Crippen LogP contribution in [0.5, 0.6) is 0 Å². The van der Waals surface area contributed by atoms with E-state index in [2.05, 4.69) is 0 Å². The number of rotatable bonds is 3. The van der Waals surface area contributed by atoms with Crippen molar-refractivity contribution in [1.29, 1.82) is 0 Å². The Kier molecular flexibility index (Phi) is 14.0. The van der Waals surface area contributed by atoms with Gasteiger partial charge in [-0.2, -0.15) is 0 Å². The van der Waals surface area contributed by atoms with E-state index in [0.717, 1.165) is 38.4 Å². The summed E-state index contributed by atoms with van der Waals surface area (Å²) < 4.78 is 17.4. The average Bonchev–Trinajstić information content (AvgIpc) is 3.15. The van der Waals surface area contributed by atoms with Gasteiger partial charge < -0.3 is 4.74 Å². The van der Waals surface area contributed by atoms with E-state index < -0.39 is 5.67 Å². The molecule has 0 aromatic carbocycles. The average molecular weight is 248 g/mol. The molecule has 2 heteroatoms. The van der Waals surface area contributed by atoms with Gasteiger partial charge in [0.2, 0.25) is 0 Å². The zero-order chi connectivity index (χ0) is 13.7. The highest BCUT2D eigenvalue weighted by molar-refractivity contribution is 4.82. The van der Waals surface area contributed by atoms with Crippen LogP contribution in [-0.2, 0) is 4.74 Å². The molecule has 1 nitrogen and oxygen atoms in total. The van der Waals surface area contributed by atoms with E-state index in [4.69, 9.17) is 4.74 Å². The predicted octanol–water partition coefficient (Wildman–Crippen LogP) is 5.38. The van der Waals surface area contributed by atoms with Crippen molar-refractivity contribution in [3.63, 3.8) is 0 Å². The Hall–Kier alpha value is -0.110. The molecule has 2 aliphatic carbocycles. The van der Waals surface area contributed by atoms with E-state index in [1.165, 1.54) is 12.8 Å². The van der Waals surface area contributed by atoms with Crippen LogP contribution in [0.25, 0.3) is 0 Å². The maximum absolute atomic E-state index is 12.2. The van der Waals surface area contributed by atoms with Crippen LogP contribution in [0.4, 0.5) is 4.39 Å². The lowest BCUT2D eigenvalue weighted by atomic mass is 9.84. The molecule has 0 heterocycles. The summed E-state index contributed by atoms with van der Waals surface area (Å²) >= 11 is 0. The Morgan fingerprint density at radius 3 is 1.71 bits per heavy atom. The van der Waals surface area contributed by atoms with Crippen molar-refractivity contribution in [3.05, 3.63) is 0 Å². The van der Waals surface area contributed by atoms with Gasteiger partial charge >= 0.3 is 0 Å². The first-order valence-corrected chi connectivity index (χ1v) is 7.41. The van der Waals surface area contributed by atoms with Crippen LogP contribution in [0.2, 0.25) is 0 Å². The van der Waals surface area contributed by atoms with Crippen LogP contribution in [0, 0.1) is 5.92 Å². The van der Waals surface area contributed by atoms with Crippen molar-refractivity contribution < 1.29 is 9.13 Å². The molecular weight excluding hydrogens is 215 g/mol. The summed E-state index contributed by atoms with van der Waals surface area (Å²) in [6.07, 6.45) is 5.47. The molecule has 0 atom stereocenters. The van der Waals surface area contributed by atoms with Crippen LogP contribution in [0.3, 0.4) is 0 Å². The largest absolute Gasteiger partial charge is 0.381 e. The van der Waals surface area contributed by atoms with Gasteiger partial charge in [-0.1, -0.05) is 27.7 Å². The Labute approximate surface area is 108 Å². The highest BCUT2D eigenvalue weighted by atomic mass is 19.1. The van der Waals surface area contributed by atoms with Gasteiger partial charge in [-0.3, -0.25) is 0 Å². The predicted molar refractivity (Wildman–Crippen MR) is 75.3 cm³/mol. The van der Waals surface area contributed by atoms with E-state index in [1.807, 2.05) is 34.6 Å². The zero-order valence-corrected chi connectivity index (χ0v) is 12.8. The summed E-state index contributed by atoms with van der Waals surface area (Å²) in [7, 11) is 0. The summed E-state index contributed by atoms with van der Waals surface area (Å²) in [6.45, 7) is 13.6.